The van der Waals surface area contributed by atoms with Crippen molar-refractivity contribution in [2.24, 2.45) is 13.0 Å². The first-order chi connectivity index (χ1) is 6.77. The van der Waals surface area contributed by atoms with Crippen molar-refractivity contribution in [2.45, 2.75) is 18.9 Å². The largest absolute Gasteiger partial charge is 0.392 e. The SMILES string of the molecule is Cn1ccnc1CC(O)C1CCSC1. The third-order valence-electron chi connectivity index (χ3n) is 2.82. The minimum Gasteiger partial charge on any atom is -0.392 e. The fourth-order valence-corrected chi connectivity index (χ4v) is 3.13. The van der Waals surface area contributed by atoms with E-state index in [4.69, 9.17) is 0 Å². The van der Waals surface area contributed by atoms with Crippen LogP contribution in [-0.4, -0.2) is 32.3 Å². The monoisotopic (exact) mass is 212 g/mol. The van der Waals surface area contributed by atoms with Crippen molar-refractivity contribution in [1.82, 2.24) is 9.55 Å². The van der Waals surface area contributed by atoms with Crippen molar-refractivity contribution in [2.75, 3.05) is 11.5 Å². The van der Waals surface area contributed by atoms with Gasteiger partial charge < -0.3 is 9.67 Å². The smallest absolute Gasteiger partial charge is 0.110 e. The quantitative estimate of drug-likeness (QED) is 0.814. The third kappa shape index (κ3) is 2.12. The molecule has 1 aromatic rings. The van der Waals surface area contributed by atoms with Crippen molar-refractivity contribution in [3.05, 3.63) is 18.2 Å². The molecule has 0 spiro atoms. The van der Waals surface area contributed by atoms with Crippen LogP contribution >= 0.6 is 11.8 Å². The van der Waals surface area contributed by atoms with Gasteiger partial charge in [-0.1, -0.05) is 0 Å². The van der Waals surface area contributed by atoms with E-state index in [0.717, 1.165) is 18.0 Å². The molecule has 2 unspecified atom stereocenters. The van der Waals surface area contributed by atoms with Crippen LogP contribution in [0.25, 0.3) is 0 Å². The summed E-state index contributed by atoms with van der Waals surface area (Å²) in [6.45, 7) is 0. The average molecular weight is 212 g/mol. The summed E-state index contributed by atoms with van der Waals surface area (Å²) in [4.78, 5) is 4.22. The molecule has 1 fully saturated rings. The van der Waals surface area contributed by atoms with Crippen LogP contribution in [-0.2, 0) is 13.5 Å². The molecule has 1 aliphatic rings. The molecule has 0 aromatic carbocycles. The van der Waals surface area contributed by atoms with Crippen molar-refractivity contribution in [3.63, 3.8) is 0 Å². The zero-order valence-electron chi connectivity index (χ0n) is 8.39. The highest BCUT2D eigenvalue weighted by Gasteiger charge is 2.24. The summed E-state index contributed by atoms with van der Waals surface area (Å²) in [5, 5.41) is 9.98. The lowest BCUT2D eigenvalue weighted by atomic mass is 9.99. The molecule has 0 aliphatic carbocycles. The van der Waals surface area contributed by atoms with Gasteiger partial charge in [-0.2, -0.15) is 11.8 Å². The highest BCUT2D eigenvalue weighted by atomic mass is 32.2. The second-order valence-electron chi connectivity index (χ2n) is 3.85. The highest BCUT2D eigenvalue weighted by Crippen LogP contribution is 2.27. The maximum atomic E-state index is 9.98. The number of rotatable bonds is 3. The summed E-state index contributed by atoms with van der Waals surface area (Å²) in [6.07, 6.45) is 5.33. The lowest BCUT2D eigenvalue weighted by Crippen LogP contribution is -2.23. The topological polar surface area (TPSA) is 38.0 Å². The molecule has 1 aromatic heterocycles. The summed E-state index contributed by atoms with van der Waals surface area (Å²) in [7, 11) is 1.97. The predicted octanol–water partition coefficient (Wildman–Crippen LogP) is 1.08. The molecule has 78 valence electrons. The number of aliphatic hydroxyl groups excluding tert-OH is 1. The molecular formula is C10H16N2OS. The molecule has 2 atom stereocenters. The highest BCUT2D eigenvalue weighted by molar-refractivity contribution is 7.99. The lowest BCUT2D eigenvalue weighted by Gasteiger charge is -2.16. The van der Waals surface area contributed by atoms with Crippen LogP contribution in [0.3, 0.4) is 0 Å². The van der Waals surface area contributed by atoms with Gasteiger partial charge in [0.05, 0.1) is 6.10 Å². The van der Waals surface area contributed by atoms with Gasteiger partial charge in [-0.15, -0.1) is 0 Å². The number of nitrogens with zero attached hydrogens (tertiary/aromatic N) is 2. The van der Waals surface area contributed by atoms with Crippen molar-refractivity contribution in [3.8, 4) is 0 Å². The van der Waals surface area contributed by atoms with E-state index in [1.165, 1.54) is 5.75 Å². The van der Waals surface area contributed by atoms with Gasteiger partial charge in [0.15, 0.2) is 0 Å². The Morgan fingerprint density at radius 2 is 2.64 bits per heavy atom. The molecule has 3 nitrogen and oxygen atoms in total. The van der Waals surface area contributed by atoms with Gasteiger partial charge in [-0.05, 0) is 23.8 Å². The fraction of sp³-hybridized carbons (Fsp3) is 0.700. The first-order valence-electron chi connectivity index (χ1n) is 4.99. The van der Waals surface area contributed by atoms with E-state index in [2.05, 4.69) is 4.98 Å². The number of imidazole rings is 1. The van der Waals surface area contributed by atoms with Gasteiger partial charge in [0.2, 0.25) is 0 Å². The normalized spacial score (nSPS) is 24.0. The van der Waals surface area contributed by atoms with Gasteiger partial charge in [0.25, 0.3) is 0 Å². The van der Waals surface area contributed by atoms with E-state index in [9.17, 15) is 5.11 Å². The van der Waals surface area contributed by atoms with E-state index < -0.39 is 0 Å². The Kier molecular flexibility index (Phi) is 3.13. The summed E-state index contributed by atoms with van der Waals surface area (Å²) < 4.78 is 1.98. The van der Waals surface area contributed by atoms with Crippen molar-refractivity contribution in [1.29, 1.82) is 0 Å². The lowest BCUT2D eigenvalue weighted by molar-refractivity contribution is 0.117. The van der Waals surface area contributed by atoms with Crippen LogP contribution in [0.15, 0.2) is 12.4 Å². The minimum atomic E-state index is -0.217. The van der Waals surface area contributed by atoms with Gasteiger partial charge in [-0.3, -0.25) is 0 Å². The van der Waals surface area contributed by atoms with E-state index in [-0.39, 0.29) is 6.10 Å². The molecule has 0 bridgehead atoms. The van der Waals surface area contributed by atoms with Crippen LogP contribution < -0.4 is 0 Å². The van der Waals surface area contributed by atoms with Gasteiger partial charge in [0, 0.05) is 25.9 Å². The number of hydrogen-bond donors (Lipinski definition) is 1. The minimum absolute atomic E-state index is 0.217. The Morgan fingerprint density at radius 1 is 1.79 bits per heavy atom. The molecule has 1 N–H and O–H groups in total. The molecule has 0 radical (unpaired) electrons. The van der Waals surface area contributed by atoms with Crippen LogP contribution in [0.1, 0.15) is 12.2 Å². The zero-order chi connectivity index (χ0) is 9.97. The Balaban J connectivity index is 1.93. The maximum Gasteiger partial charge on any atom is 0.110 e. The van der Waals surface area contributed by atoms with Crippen LogP contribution in [0.4, 0.5) is 0 Å². The Bertz CT molecular complexity index is 294. The van der Waals surface area contributed by atoms with Gasteiger partial charge >= 0.3 is 0 Å². The van der Waals surface area contributed by atoms with Crippen LogP contribution in [0.2, 0.25) is 0 Å². The Hall–Kier alpha value is -0.480. The van der Waals surface area contributed by atoms with Crippen LogP contribution in [0, 0.1) is 5.92 Å². The summed E-state index contributed by atoms with van der Waals surface area (Å²) in [6, 6.07) is 0. The standard InChI is InChI=1S/C10H16N2OS/c1-12-4-3-11-10(12)6-9(13)8-2-5-14-7-8/h3-4,8-9,13H,2,5-7H2,1H3. The molecule has 2 rings (SSSR count). The van der Waals surface area contributed by atoms with Crippen molar-refractivity contribution < 1.29 is 5.11 Å². The number of aryl methyl sites for hydroxylation is 1. The molecule has 1 aliphatic heterocycles. The molecular weight excluding hydrogens is 196 g/mol. The molecule has 0 amide bonds. The zero-order valence-corrected chi connectivity index (χ0v) is 9.20. The summed E-state index contributed by atoms with van der Waals surface area (Å²) >= 11 is 1.94. The Morgan fingerprint density at radius 3 is 3.21 bits per heavy atom. The number of aromatic nitrogens is 2. The number of hydrogen-bond acceptors (Lipinski definition) is 3. The summed E-state index contributed by atoms with van der Waals surface area (Å²) in [5.74, 6) is 3.75. The van der Waals surface area contributed by atoms with Crippen LogP contribution in [0.5, 0.6) is 0 Å². The summed E-state index contributed by atoms with van der Waals surface area (Å²) in [5.41, 5.74) is 0. The number of thioether (sulfide) groups is 1. The molecule has 0 saturated carbocycles. The second-order valence-corrected chi connectivity index (χ2v) is 5.00. The molecule has 1 saturated heterocycles. The van der Waals surface area contributed by atoms with Gasteiger partial charge in [-0.25, -0.2) is 4.98 Å². The van der Waals surface area contributed by atoms with E-state index in [0.29, 0.717) is 12.3 Å². The average Bonchev–Trinajstić information content (AvgIpc) is 2.77. The predicted molar refractivity (Wildman–Crippen MR) is 58.4 cm³/mol. The third-order valence-corrected chi connectivity index (χ3v) is 4.01. The van der Waals surface area contributed by atoms with E-state index >= 15 is 0 Å². The Labute approximate surface area is 88.5 Å². The molecule has 4 heteroatoms. The van der Waals surface area contributed by atoms with E-state index in [1.54, 1.807) is 6.20 Å². The molecule has 14 heavy (non-hydrogen) atoms. The fourth-order valence-electron chi connectivity index (χ4n) is 1.80. The van der Waals surface area contributed by atoms with Gasteiger partial charge in [0.1, 0.15) is 5.82 Å². The maximum absolute atomic E-state index is 9.98. The van der Waals surface area contributed by atoms with E-state index in [1.807, 2.05) is 29.6 Å². The molecule has 2 heterocycles. The first-order valence-corrected chi connectivity index (χ1v) is 6.15. The number of aliphatic hydroxyl groups is 1. The first kappa shape index (κ1) is 10.1. The second kappa shape index (κ2) is 4.36. The van der Waals surface area contributed by atoms with Crippen molar-refractivity contribution >= 4 is 11.8 Å².